The fourth-order valence-corrected chi connectivity index (χ4v) is 4.57. The molecule has 5 nitrogen and oxygen atoms in total. The molecule has 0 aliphatic heterocycles. The van der Waals surface area contributed by atoms with Gasteiger partial charge in [-0.25, -0.2) is 4.98 Å². The highest BCUT2D eigenvalue weighted by atomic mass is 32.1. The van der Waals surface area contributed by atoms with Crippen LogP contribution in [0.25, 0.3) is 11.0 Å². The van der Waals surface area contributed by atoms with Crippen molar-refractivity contribution in [2.24, 2.45) is 0 Å². The number of hydrogen-bond donors (Lipinski definition) is 1. The molecular formula is C25H25N3O2S. The van der Waals surface area contributed by atoms with Gasteiger partial charge in [0.25, 0.3) is 11.5 Å². The van der Waals surface area contributed by atoms with E-state index in [0.717, 1.165) is 22.4 Å². The molecule has 31 heavy (non-hydrogen) atoms. The maximum Gasteiger partial charge on any atom is 0.272 e. The molecule has 1 N–H and O–H groups in total. The molecule has 0 aliphatic rings. The van der Waals surface area contributed by atoms with Crippen LogP contribution in [-0.2, 0) is 13.0 Å². The van der Waals surface area contributed by atoms with Crippen molar-refractivity contribution in [3.05, 3.63) is 97.6 Å². The van der Waals surface area contributed by atoms with Gasteiger partial charge in [-0.1, -0.05) is 37.3 Å². The lowest BCUT2D eigenvalue weighted by Gasteiger charge is -2.19. The first-order chi connectivity index (χ1) is 15.0. The molecule has 0 radical (unpaired) electrons. The Morgan fingerprint density at radius 1 is 1.13 bits per heavy atom. The summed E-state index contributed by atoms with van der Waals surface area (Å²) in [5.74, 6) is -0.173. The van der Waals surface area contributed by atoms with Crippen LogP contribution in [0.2, 0.25) is 0 Å². The molecule has 1 atom stereocenters. The van der Waals surface area contributed by atoms with Crippen molar-refractivity contribution in [1.29, 1.82) is 0 Å². The van der Waals surface area contributed by atoms with Crippen LogP contribution in [0.3, 0.4) is 0 Å². The highest BCUT2D eigenvalue weighted by molar-refractivity contribution is 7.10. The summed E-state index contributed by atoms with van der Waals surface area (Å²) in [7, 11) is 0. The number of aryl methyl sites for hydroxylation is 3. The van der Waals surface area contributed by atoms with Gasteiger partial charge >= 0.3 is 0 Å². The van der Waals surface area contributed by atoms with Crippen LogP contribution < -0.4 is 10.9 Å². The van der Waals surface area contributed by atoms with E-state index in [-0.39, 0.29) is 17.5 Å². The van der Waals surface area contributed by atoms with E-state index in [1.807, 2.05) is 24.4 Å². The average Bonchev–Trinajstić information content (AvgIpc) is 3.32. The van der Waals surface area contributed by atoms with Gasteiger partial charge in [0.05, 0.1) is 17.1 Å². The highest BCUT2D eigenvalue weighted by Crippen LogP contribution is 2.27. The van der Waals surface area contributed by atoms with E-state index in [4.69, 9.17) is 0 Å². The van der Waals surface area contributed by atoms with Crippen molar-refractivity contribution in [3.63, 3.8) is 0 Å². The van der Waals surface area contributed by atoms with E-state index in [0.29, 0.717) is 23.3 Å². The van der Waals surface area contributed by atoms with Crippen LogP contribution in [-0.4, -0.2) is 15.5 Å². The van der Waals surface area contributed by atoms with Gasteiger partial charge in [0, 0.05) is 17.0 Å². The molecule has 0 fully saturated rings. The third kappa shape index (κ3) is 4.16. The van der Waals surface area contributed by atoms with E-state index in [9.17, 15) is 9.59 Å². The first kappa shape index (κ1) is 21.0. The maximum atomic E-state index is 13.2. The Labute approximate surface area is 185 Å². The molecule has 0 spiro atoms. The Morgan fingerprint density at radius 2 is 1.90 bits per heavy atom. The molecule has 6 heteroatoms. The zero-order valence-corrected chi connectivity index (χ0v) is 18.7. The number of benzene rings is 2. The van der Waals surface area contributed by atoms with Crippen LogP contribution in [0.15, 0.2) is 64.8 Å². The molecule has 2 aromatic carbocycles. The van der Waals surface area contributed by atoms with Crippen molar-refractivity contribution in [1.82, 2.24) is 14.9 Å². The van der Waals surface area contributed by atoms with Crippen molar-refractivity contribution >= 4 is 28.3 Å². The molecule has 4 aromatic rings. The van der Waals surface area contributed by atoms with E-state index in [2.05, 4.69) is 41.5 Å². The maximum absolute atomic E-state index is 13.2. The molecule has 0 bridgehead atoms. The molecule has 0 saturated carbocycles. The van der Waals surface area contributed by atoms with Gasteiger partial charge in [-0.3, -0.25) is 9.59 Å². The molecular weight excluding hydrogens is 406 g/mol. The van der Waals surface area contributed by atoms with E-state index < -0.39 is 0 Å². The second-order valence-electron chi connectivity index (χ2n) is 7.47. The zero-order valence-electron chi connectivity index (χ0n) is 17.9. The van der Waals surface area contributed by atoms with Crippen molar-refractivity contribution in [3.8, 4) is 0 Å². The summed E-state index contributed by atoms with van der Waals surface area (Å²) in [5, 5.41) is 5.20. The second-order valence-corrected chi connectivity index (χ2v) is 8.45. The van der Waals surface area contributed by atoms with Gasteiger partial charge in [0.1, 0.15) is 5.69 Å². The standard InChI is InChI=1S/C25H25N3O2S/c1-4-17-8-10-18(11-9-17)23(22-7-6-14-31-22)27-24(29)19-12-13-21-20(15-19)26-16(3)25(30)28(21)5-2/h6-15,23H,4-5H2,1-3H3,(H,27,29). The van der Waals surface area contributed by atoms with Gasteiger partial charge in [-0.15, -0.1) is 11.3 Å². The zero-order chi connectivity index (χ0) is 22.0. The third-order valence-electron chi connectivity index (χ3n) is 5.51. The van der Waals surface area contributed by atoms with Crippen molar-refractivity contribution < 1.29 is 4.79 Å². The normalized spacial score (nSPS) is 12.1. The highest BCUT2D eigenvalue weighted by Gasteiger charge is 2.19. The quantitative estimate of drug-likeness (QED) is 0.474. The summed E-state index contributed by atoms with van der Waals surface area (Å²) in [4.78, 5) is 31.0. The summed E-state index contributed by atoms with van der Waals surface area (Å²) >= 11 is 1.62. The largest absolute Gasteiger partial charge is 0.340 e. The number of fused-ring (bicyclic) bond motifs is 1. The van der Waals surface area contributed by atoms with Gasteiger partial charge in [0.2, 0.25) is 0 Å². The number of amides is 1. The summed E-state index contributed by atoms with van der Waals surface area (Å²) in [6.45, 7) is 6.31. The number of carbonyl (C=O) groups excluding carboxylic acids is 1. The molecule has 2 aromatic heterocycles. The monoisotopic (exact) mass is 431 g/mol. The minimum absolute atomic E-state index is 0.0968. The van der Waals surface area contributed by atoms with Crippen LogP contribution in [0, 0.1) is 6.92 Å². The molecule has 1 unspecified atom stereocenters. The van der Waals surface area contributed by atoms with E-state index >= 15 is 0 Å². The molecule has 2 heterocycles. The first-order valence-electron chi connectivity index (χ1n) is 10.5. The van der Waals surface area contributed by atoms with Crippen LogP contribution in [0.4, 0.5) is 0 Å². The Hall–Kier alpha value is -3.25. The van der Waals surface area contributed by atoms with Crippen LogP contribution >= 0.6 is 11.3 Å². The molecule has 0 aliphatic carbocycles. The van der Waals surface area contributed by atoms with Crippen LogP contribution in [0.1, 0.15) is 51.9 Å². The summed E-state index contributed by atoms with van der Waals surface area (Å²) in [6.07, 6.45) is 0.975. The predicted octanol–water partition coefficient (Wildman–Crippen LogP) is 4.87. The van der Waals surface area contributed by atoms with Crippen molar-refractivity contribution in [2.45, 2.75) is 39.8 Å². The summed E-state index contributed by atoms with van der Waals surface area (Å²) in [6, 6.07) is 17.5. The fourth-order valence-electron chi connectivity index (χ4n) is 3.76. The van der Waals surface area contributed by atoms with Crippen LogP contribution in [0.5, 0.6) is 0 Å². The van der Waals surface area contributed by atoms with Gasteiger partial charge in [-0.2, -0.15) is 0 Å². The Bertz CT molecular complexity index is 1270. The summed E-state index contributed by atoms with van der Waals surface area (Å²) < 4.78 is 1.68. The Morgan fingerprint density at radius 3 is 2.55 bits per heavy atom. The lowest BCUT2D eigenvalue weighted by atomic mass is 10.0. The lowest BCUT2D eigenvalue weighted by molar-refractivity contribution is 0.0943. The first-order valence-corrected chi connectivity index (χ1v) is 11.3. The minimum Gasteiger partial charge on any atom is -0.340 e. The topological polar surface area (TPSA) is 64.0 Å². The van der Waals surface area contributed by atoms with Gasteiger partial charge in [0.15, 0.2) is 0 Å². The lowest BCUT2D eigenvalue weighted by Crippen LogP contribution is -2.29. The average molecular weight is 432 g/mol. The van der Waals surface area contributed by atoms with Gasteiger partial charge in [-0.05, 0) is 61.0 Å². The number of nitrogens with zero attached hydrogens (tertiary/aromatic N) is 2. The molecule has 1 amide bonds. The van der Waals surface area contributed by atoms with Gasteiger partial charge < -0.3 is 9.88 Å². The molecule has 158 valence electrons. The predicted molar refractivity (Wildman–Crippen MR) is 126 cm³/mol. The number of hydrogen-bond acceptors (Lipinski definition) is 4. The number of carbonyl (C=O) groups is 1. The van der Waals surface area contributed by atoms with Crippen molar-refractivity contribution in [2.75, 3.05) is 0 Å². The molecule has 4 rings (SSSR count). The summed E-state index contributed by atoms with van der Waals surface area (Å²) in [5.41, 5.74) is 4.54. The smallest absolute Gasteiger partial charge is 0.272 e. The third-order valence-corrected chi connectivity index (χ3v) is 6.45. The molecule has 0 saturated heterocycles. The fraction of sp³-hybridized carbons (Fsp3) is 0.240. The number of thiophene rings is 1. The van der Waals surface area contributed by atoms with E-state index in [1.54, 1.807) is 41.0 Å². The van der Waals surface area contributed by atoms with E-state index in [1.165, 1.54) is 5.56 Å². The SMILES string of the molecule is CCc1ccc(C(NC(=O)c2ccc3c(c2)nc(C)c(=O)n3CC)c2cccs2)cc1. The number of aromatic nitrogens is 2. The number of rotatable bonds is 6. The Balaban J connectivity index is 1.69. The number of nitrogens with one attached hydrogen (secondary N) is 1. The Kier molecular flexibility index (Phi) is 6.00. The minimum atomic E-state index is -0.228. The second kappa shape index (κ2) is 8.86.